The van der Waals surface area contributed by atoms with Crippen LogP contribution < -0.4 is 29.6 Å². The fraction of sp³-hybridized carbons (Fsp3) is 1.00. The van der Waals surface area contributed by atoms with E-state index in [9.17, 15) is 0 Å². The molecule has 0 aliphatic carbocycles. The van der Waals surface area contributed by atoms with Gasteiger partial charge in [0.1, 0.15) is 12.2 Å². The average Bonchev–Trinajstić information content (AvgIpc) is 3.77. The predicted octanol–water partition coefficient (Wildman–Crippen LogP) is 10.8. The van der Waals surface area contributed by atoms with Gasteiger partial charge in [-0.05, 0) is 25.7 Å². The zero-order valence-electron chi connectivity index (χ0n) is 31.7. The van der Waals surface area contributed by atoms with Crippen molar-refractivity contribution in [1.29, 1.82) is 0 Å². The van der Waals surface area contributed by atoms with E-state index in [4.69, 9.17) is 14.5 Å². The molecule has 2 heterocycles. The van der Waals surface area contributed by atoms with E-state index in [-0.39, 0.29) is 40.6 Å². The van der Waals surface area contributed by atoms with Crippen LogP contribution in [0.25, 0.3) is 0 Å². The Morgan fingerprint density at radius 1 is 0.356 bits per heavy atom. The smallest absolute Gasteiger partial charge is 0.870 e. The Morgan fingerprint density at radius 2 is 0.578 bits per heavy atom. The number of ether oxygens (including phenoxy) is 1. The predicted molar refractivity (Wildman–Crippen MR) is 191 cm³/mol. The molecule has 5 heteroatoms. The summed E-state index contributed by atoms with van der Waals surface area (Å²) in [6.45, 7) is 11.0. The topological polar surface area (TPSA) is 61.0 Å². The Hall–Kier alpha value is 0.840. The molecule has 2 aliphatic rings. The fourth-order valence-electron chi connectivity index (χ4n) is 6.71. The van der Waals surface area contributed by atoms with Crippen molar-refractivity contribution in [3.05, 3.63) is 0 Å². The van der Waals surface area contributed by atoms with Gasteiger partial charge >= 0.3 is 29.6 Å². The molecule has 0 spiro atoms. The molecule has 266 valence electrons. The second-order valence-electron chi connectivity index (χ2n) is 14.5. The molecular weight excluding hydrogens is 567 g/mol. The van der Waals surface area contributed by atoms with E-state index in [0.717, 1.165) is 13.2 Å². The molecule has 0 aromatic carbocycles. The van der Waals surface area contributed by atoms with Crippen LogP contribution in [0.15, 0.2) is 0 Å². The third kappa shape index (κ3) is 28.4. The van der Waals surface area contributed by atoms with Gasteiger partial charge in [0.15, 0.2) is 0 Å². The summed E-state index contributed by atoms with van der Waals surface area (Å²) in [5.41, 5.74) is 0.430. The van der Waals surface area contributed by atoms with E-state index in [1.807, 2.05) is 0 Å². The number of rotatable bonds is 32. The first-order chi connectivity index (χ1) is 21.2. The van der Waals surface area contributed by atoms with Crippen molar-refractivity contribution in [2.75, 3.05) is 13.2 Å². The third-order valence-corrected chi connectivity index (χ3v) is 10.1. The second kappa shape index (κ2) is 34.7. The summed E-state index contributed by atoms with van der Waals surface area (Å²) in [6, 6.07) is 0. The van der Waals surface area contributed by atoms with Crippen LogP contribution in [0.2, 0.25) is 0 Å². The molecule has 0 saturated carbocycles. The molecule has 2 atom stereocenters. The Morgan fingerprint density at radius 3 is 0.778 bits per heavy atom. The molecule has 2 fully saturated rings. The van der Waals surface area contributed by atoms with Crippen molar-refractivity contribution >= 4 is 0 Å². The molecule has 2 rings (SSSR count). The van der Waals surface area contributed by atoms with Gasteiger partial charge in [-0.25, -0.2) is 9.78 Å². The molecule has 4 nitrogen and oxygen atoms in total. The van der Waals surface area contributed by atoms with E-state index in [2.05, 4.69) is 27.7 Å². The van der Waals surface area contributed by atoms with Crippen molar-refractivity contribution in [2.24, 2.45) is 0 Å². The first kappa shape index (κ1) is 48.0. The summed E-state index contributed by atoms with van der Waals surface area (Å²) >= 11 is 0. The summed E-state index contributed by atoms with van der Waals surface area (Å²) < 4.78 is 5.78. The molecule has 0 aromatic heterocycles. The van der Waals surface area contributed by atoms with Gasteiger partial charge in [-0.15, -0.1) is 0 Å². The molecule has 0 bridgehead atoms. The van der Waals surface area contributed by atoms with Gasteiger partial charge in [-0.1, -0.05) is 207 Å². The number of unbranched alkanes of at least 4 members (excludes halogenated alkanes) is 24. The maximum atomic E-state index is 5.78. The average molecular weight is 649 g/mol. The van der Waals surface area contributed by atoms with Crippen LogP contribution in [-0.4, -0.2) is 29.9 Å². The minimum Gasteiger partial charge on any atom is -0.870 e. The number of hydrogen-bond donors (Lipinski definition) is 0. The van der Waals surface area contributed by atoms with Crippen LogP contribution in [0.1, 0.15) is 233 Å². The zero-order chi connectivity index (χ0) is 31.2. The largest absolute Gasteiger partial charge is 1.00 e. The van der Waals surface area contributed by atoms with Crippen LogP contribution in [0, 0.1) is 0 Å². The summed E-state index contributed by atoms with van der Waals surface area (Å²) in [7, 11) is 0. The maximum absolute atomic E-state index is 5.78. The van der Waals surface area contributed by atoms with E-state index < -0.39 is 0 Å². The molecule has 2 aliphatic heterocycles. The first-order valence-electron chi connectivity index (χ1n) is 20.1. The van der Waals surface area contributed by atoms with Gasteiger partial charge < -0.3 is 10.2 Å². The Bertz CT molecular complexity index is 564. The molecule has 2 unspecified atom stereocenters. The Labute approximate surface area is 305 Å². The molecule has 1 N–H and O–H groups in total. The van der Waals surface area contributed by atoms with Gasteiger partial charge in [0.25, 0.3) is 0 Å². The molecule has 0 amide bonds. The van der Waals surface area contributed by atoms with Gasteiger partial charge in [0.05, 0.1) is 12.2 Å². The van der Waals surface area contributed by atoms with Gasteiger partial charge in [-0.2, -0.15) is 0 Å². The minimum absolute atomic E-state index is 0. The maximum Gasteiger partial charge on any atom is 1.00 e. The molecular formula is C40H81NaO4. The summed E-state index contributed by atoms with van der Waals surface area (Å²) in [6.07, 6.45) is 44.2. The van der Waals surface area contributed by atoms with Crippen LogP contribution in [-0.2, 0) is 14.5 Å². The SMILES string of the molecule is CCCCCCCCCCC1(CCCCCCCC)CO1.CCCCCCCCCCC1(CCCCCCCC)COO1.[Na+].[OH-]. The van der Waals surface area contributed by atoms with Crippen molar-refractivity contribution in [3.63, 3.8) is 0 Å². The Kier molecular flexibility index (Phi) is 37.0. The van der Waals surface area contributed by atoms with Gasteiger partial charge in [0.2, 0.25) is 0 Å². The van der Waals surface area contributed by atoms with Crippen LogP contribution in [0.3, 0.4) is 0 Å². The quantitative estimate of drug-likeness (QED) is 0.0315. The van der Waals surface area contributed by atoms with E-state index >= 15 is 0 Å². The molecule has 45 heavy (non-hydrogen) atoms. The van der Waals surface area contributed by atoms with E-state index in [1.54, 1.807) is 0 Å². The first-order valence-corrected chi connectivity index (χ1v) is 20.1. The van der Waals surface area contributed by atoms with E-state index in [0.29, 0.717) is 5.60 Å². The fourth-order valence-corrected chi connectivity index (χ4v) is 6.71. The number of epoxide rings is 1. The van der Waals surface area contributed by atoms with Crippen molar-refractivity contribution in [3.8, 4) is 0 Å². The molecule has 0 radical (unpaired) electrons. The van der Waals surface area contributed by atoms with Crippen LogP contribution >= 0.6 is 0 Å². The monoisotopic (exact) mass is 649 g/mol. The Balaban J connectivity index is 0. The van der Waals surface area contributed by atoms with Crippen molar-refractivity contribution in [2.45, 2.75) is 244 Å². The molecule has 2 saturated heterocycles. The van der Waals surface area contributed by atoms with Gasteiger partial charge in [-0.3, -0.25) is 0 Å². The van der Waals surface area contributed by atoms with Crippen molar-refractivity contribution in [1.82, 2.24) is 0 Å². The number of hydrogen-bond acceptors (Lipinski definition) is 4. The zero-order valence-corrected chi connectivity index (χ0v) is 33.7. The minimum atomic E-state index is 0. The summed E-state index contributed by atoms with van der Waals surface area (Å²) in [5, 5.41) is 0. The second-order valence-corrected chi connectivity index (χ2v) is 14.5. The third-order valence-electron chi connectivity index (χ3n) is 10.1. The standard InChI is InChI=1S/C20H40O2.C20H40O.Na.H2O/c1-3-5-7-9-11-12-14-16-18-20(19-21-22-20)17-15-13-10-8-6-4-2;1-3-5-7-9-11-12-14-16-18-20(19-21-20)17-15-13-10-8-6-4-2;;/h3-19H2,1-2H3;3-19H2,1-2H3;;1H2/q;;+1;/p-1. The van der Waals surface area contributed by atoms with Crippen LogP contribution in [0.4, 0.5) is 0 Å². The summed E-state index contributed by atoms with van der Waals surface area (Å²) in [4.78, 5) is 10.6. The van der Waals surface area contributed by atoms with Crippen LogP contribution in [0.5, 0.6) is 0 Å². The molecule has 0 aromatic rings. The van der Waals surface area contributed by atoms with E-state index in [1.165, 1.54) is 205 Å². The van der Waals surface area contributed by atoms with Gasteiger partial charge in [0, 0.05) is 0 Å². The summed E-state index contributed by atoms with van der Waals surface area (Å²) in [5.74, 6) is 0. The normalized spacial score (nSPS) is 20.0. The van der Waals surface area contributed by atoms with Crippen molar-refractivity contribution < 1.29 is 49.5 Å².